The number of hydrogen-bond acceptors (Lipinski definition) is 4. The number of H-pyrrole nitrogens is 1. The molecule has 8 heteroatoms. The van der Waals surface area contributed by atoms with Crippen LogP contribution >= 0.6 is 15.9 Å². The van der Waals surface area contributed by atoms with E-state index in [0.717, 1.165) is 15.6 Å². The lowest BCUT2D eigenvalue weighted by atomic mass is 10.1. The number of carbonyl (C=O) groups excluding carboxylic acids is 1. The lowest BCUT2D eigenvalue weighted by Crippen LogP contribution is -2.12. The number of rotatable bonds is 5. The van der Waals surface area contributed by atoms with Crippen LogP contribution in [0.4, 0.5) is 5.69 Å². The Balaban J connectivity index is 1.47. The van der Waals surface area contributed by atoms with Gasteiger partial charge in [-0.05, 0) is 35.9 Å². The summed E-state index contributed by atoms with van der Waals surface area (Å²) in [5.74, 6) is -0.247. The Kier molecular flexibility index (Phi) is 4.80. The molecule has 2 N–H and O–H groups in total. The van der Waals surface area contributed by atoms with E-state index >= 15 is 0 Å². The zero-order valence-corrected chi connectivity index (χ0v) is 15.7. The van der Waals surface area contributed by atoms with Gasteiger partial charge in [0, 0.05) is 15.7 Å². The summed E-state index contributed by atoms with van der Waals surface area (Å²) in [6.45, 7) is 0.585. The minimum Gasteiger partial charge on any atom is -0.321 e. The Hall–Kier alpha value is -3.26. The topological polar surface area (TPSA) is 88.5 Å². The van der Waals surface area contributed by atoms with Gasteiger partial charge >= 0.3 is 0 Å². The van der Waals surface area contributed by atoms with Gasteiger partial charge in [0.1, 0.15) is 18.3 Å². The molecule has 2 aromatic heterocycles. The largest absolute Gasteiger partial charge is 0.321 e. The SMILES string of the molecule is O=C(Nc1cccc(Cn2cncn2)c1)c1cc(-c2ccc(Br)cc2)n[nH]1. The van der Waals surface area contributed by atoms with E-state index in [-0.39, 0.29) is 5.91 Å². The summed E-state index contributed by atoms with van der Waals surface area (Å²) >= 11 is 3.41. The van der Waals surface area contributed by atoms with Gasteiger partial charge in [-0.2, -0.15) is 10.2 Å². The molecule has 0 aliphatic carbocycles. The number of amides is 1. The summed E-state index contributed by atoms with van der Waals surface area (Å²) in [5, 5.41) is 14.0. The number of aromatic nitrogens is 5. The van der Waals surface area contributed by atoms with E-state index in [9.17, 15) is 4.79 Å². The Morgan fingerprint density at radius 2 is 2.00 bits per heavy atom. The van der Waals surface area contributed by atoms with Crippen LogP contribution in [0, 0.1) is 0 Å². The number of aromatic amines is 1. The fourth-order valence-corrected chi connectivity index (χ4v) is 2.92. The third-order valence-electron chi connectivity index (χ3n) is 3.96. The average Bonchev–Trinajstić information content (AvgIpc) is 3.35. The van der Waals surface area contributed by atoms with Crippen molar-refractivity contribution in [2.45, 2.75) is 6.54 Å². The second-order valence-electron chi connectivity index (χ2n) is 5.92. The number of hydrogen-bond donors (Lipinski definition) is 2. The Bertz CT molecular complexity index is 1060. The molecule has 7 nitrogen and oxygen atoms in total. The van der Waals surface area contributed by atoms with Crippen LogP contribution in [-0.2, 0) is 6.54 Å². The monoisotopic (exact) mass is 422 g/mol. The number of halogens is 1. The van der Waals surface area contributed by atoms with Gasteiger partial charge in [-0.15, -0.1) is 0 Å². The van der Waals surface area contributed by atoms with Gasteiger partial charge in [0.25, 0.3) is 5.91 Å². The van der Waals surface area contributed by atoms with E-state index in [4.69, 9.17) is 0 Å². The quantitative estimate of drug-likeness (QED) is 0.512. The summed E-state index contributed by atoms with van der Waals surface area (Å²) in [6, 6.07) is 17.1. The molecular formula is C19H15BrN6O. The average molecular weight is 423 g/mol. The number of nitrogens with zero attached hydrogens (tertiary/aromatic N) is 4. The fraction of sp³-hybridized carbons (Fsp3) is 0.0526. The van der Waals surface area contributed by atoms with Crippen LogP contribution in [0.25, 0.3) is 11.3 Å². The predicted molar refractivity (Wildman–Crippen MR) is 105 cm³/mol. The van der Waals surface area contributed by atoms with E-state index in [2.05, 4.69) is 41.5 Å². The molecule has 0 spiro atoms. The number of anilines is 1. The van der Waals surface area contributed by atoms with Crippen molar-refractivity contribution < 1.29 is 4.79 Å². The zero-order chi connectivity index (χ0) is 18.6. The van der Waals surface area contributed by atoms with Crippen LogP contribution < -0.4 is 5.32 Å². The molecule has 0 aliphatic rings. The van der Waals surface area contributed by atoms with Gasteiger partial charge in [0.15, 0.2) is 0 Å². The van der Waals surface area contributed by atoms with Crippen LogP contribution in [0.15, 0.2) is 71.7 Å². The van der Waals surface area contributed by atoms with Crippen LogP contribution in [-0.4, -0.2) is 30.9 Å². The van der Waals surface area contributed by atoms with Crippen molar-refractivity contribution in [3.8, 4) is 11.3 Å². The third-order valence-corrected chi connectivity index (χ3v) is 4.49. The molecule has 4 rings (SSSR count). The smallest absolute Gasteiger partial charge is 0.273 e. The van der Waals surface area contributed by atoms with Crippen molar-refractivity contribution in [2.75, 3.05) is 5.32 Å². The predicted octanol–water partition coefficient (Wildman–Crippen LogP) is 3.73. The van der Waals surface area contributed by atoms with Gasteiger partial charge < -0.3 is 5.32 Å². The minimum absolute atomic E-state index is 0.247. The molecule has 4 aromatic rings. The Morgan fingerprint density at radius 1 is 1.15 bits per heavy atom. The van der Waals surface area contributed by atoms with Crippen LogP contribution in [0.5, 0.6) is 0 Å². The van der Waals surface area contributed by atoms with Gasteiger partial charge in [0.05, 0.1) is 12.2 Å². The highest BCUT2D eigenvalue weighted by Gasteiger charge is 2.12. The Labute approximate surface area is 163 Å². The molecule has 0 radical (unpaired) electrons. The molecule has 0 aliphatic heterocycles. The van der Waals surface area contributed by atoms with E-state index < -0.39 is 0 Å². The molecule has 134 valence electrons. The van der Waals surface area contributed by atoms with Crippen molar-refractivity contribution in [1.29, 1.82) is 0 Å². The highest BCUT2D eigenvalue weighted by atomic mass is 79.9. The standard InChI is InChI=1S/C19H15BrN6O/c20-15-6-4-14(5-7-15)17-9-18(25-24-17)19(27)23-16-3-1-2-13(8-16)10-26-12-21-11-22-26/h1-9,11-12H,10H2,(H,23,27)(H,24,25). The lowest BCUT2D eigenvalue weighted by molar-refractivity contribution is 0.102. The van der Waals surface area contributed by atoms with Crippen LogP contribution in [0.2, 0.25) is 0 Å². The van der Waals surface area contributed by atoms with E-state index in [1.54, 1.807) is 17.1 Å². The van der Waals surface area contributed by atoms with Crippen LogP contribution in [0.1, 0.15) is 16.1 Å². The number of benzene rings is 2. The lowest BCUT2D eigenvalue weighted by Gasteiger charge is -2.06. The molecule has 1 amide bonds. The van der Waals surface area contributed by atoms with Crippen molar-refractivity contribution >= 4 is 27.5 Å². The van der Waals surface area contributed by atoms with E-state index in [1.165, 1.54) is 6.33 Å². The molecule has 2 heterocycles. The molecule has 0 fully saturated rings. The second-order valence-corrected chi connectivity index (χ2v) is 6.84. The third kappa shape index (κ3) is 4.12. The normalized spacial score (nSPS) is 10.7. The molecule has 0 bridgehead atoms. The Morgan fingerprint density at radius 3 is 2.78 bits per heavy atom. The van der Waals surface area contributed by atoms with E-state index in [1.807, 2.05) is 48.5 Å². The number of carbonyl (C=O) groups is 1. The summed E-state index contributed by atoms with van der Waals surface area (Å²) in [6.07, 6.45) is 3.15. The summed E-state index contributed by atoms with van der Waals surface area (Å²) in [4.78, 5) is 16.5. The molecule has 0 saturated heterocycles. The zero-order valence-electron chi connectivity index (χ0n) is 14.1. The van der Waals surface area contributed by atoms with Gasteiger partial charge in [-0.3, -0.25) is 9.89 Å². The van der Waals surface area contributed by atoms with Gasteiger partial charge in [0.2, 0.25) is 0 Å². The maximum atomic E-state index is 12.5. The first-order valence-electron chi connectivity index (χ1n) is 8.21. The summed E-state index contributed by atoms with van der Waals surface area (Å²) < 4.78 is 2.71. The number of nitrogens with one attached hydrogen (secondary N) is 2. The maximum Gasteiger partial charge on any atom is 0.273 e. The summed E-state index contributed by atoms with van der Waals surface area (Å²) in [7, 11) is 0. The fourth-order valence-electron chi connectivity index (χ4n) is 2.65. The molecule has 0 saturated carbocycles. The van der Waals surface area contributed by atoms with Gasteiger partial charge in [-0.25, -0.2) is 9.67 Å². The first-order valence-corrected chi connectivity index (χ1v) is 9.01. The highest BCUT2D eigenvalue weighted by Crippen LogP contribution is 2.21. The minimum atomic E-state index is -0.247. The first kappa shape index (κ1) is 17.2. The molecule has 0 unspecified atom stereocenters. The molecular weight excluding hydrogens is 408 g/mol. The molecule has 2 aromatic carbocycles. The van der Waals surface area contributed by atoms with Crippen molar-refractivity contribution in [2.24, 2.45) is 0 Å². The van der Waals surface area contributed by atoms with Gasteiger partial charge in [-0.1, -0.05) is 40.2 Å². The van der Waals surface area contributed by atoms with E-state index in [0.29, 0.717) is 23.6 Å². The summed E-state index contributed by atoms with van der Waals surface area (Å²) in [5.41, 5.74) is 3.77. The highest BCUT2D eigenvalue weighted by molar-refractivity contribution is 9.10. The maximum absolute atomic E-state index is 12.5. The molecule has 27 heavy (non-hydrogen) atoms. The van der Waals surface area contributed by atoms with Crippen LogP contribution in [0.3, 0.4) is 0 Å². The van der Waals surface area contributed by atoms with Crippen molar-refractivity contribution in [1.82, 2.24) is 25.0 Å². The van der Waals surface area contributed by atoms with Crippen molar-refractivity contribution in [3.05, 3.63) is 83.0 Å². The molecule has 0 atom stereocenters. The van der Waals surface area contributed by atoms with Crippen molar-refractivity contribution in [3.63, 3.8) is 0 Å². The second kappa shape index (κ2) is 7.55. The first-order chi connectivity index (χ1) is 13.2.